The highest BCUT2D eigenvalue weighted by Crippen LogP contribution is 2.23. The highest BCUT2D eigenvalue weighted by molar-refractivity contribution is 6.36. The molecular formula is C25H22Cl2N2O3. The van der Waals surface area contributed by atoms with Gasteiger partial charge in [-0.05, 0) is 59.0 Å². The second-order valence-corrected chi connectivity index (χ2v) is 8.96. The molecule has 0 fully saturated rings. The number of amides is 1. The molecule has 3 aromatic carbocycles. The van der Waals surface area contributed by atoms with E-state index in [0.717, 1.165) is 5.56 Å². The van der Waals surface area contributed by atoms with Crippen molar-refractivity contribution in [3.05, 3.63) is 99.0 Å². The molecule has 0 atom stereocenters. The number of nitrogens with one attached hydrogen (secondary N) is 1. The van der Waals surface area contributed by atoms with Crippen LogP contribution in [0, 0.1) is 0 Å². The van der Waals surface area contributed by atoms with Crippen molar-refractivity contribution >= 4 is 41.3 Å². The summed E-state index contributed by atoms with van der Waals surface area (Å²) in [6.07, 6.45) is 1.47. The van der Waals surface area contributed by atoms with Crippen molar-refractivity contribution in [1.82, 2.24) is 5.43 Å². The molecule has 164 valence electrons. The summed E-state index contributed by atoms with van der Waals surface area (Å²) in [5.41, 5.74) is 5.01. The van der Waals surface area contributed by atoms with Crippen molar-refractivity contribution in [1.29, 1.82) is 0 Å². The number of benzene rings is 3. The topological polar surface area (TPSA) is 67.8 Å². The number of hydrogen-bond acceptors (Lipinski definition) is 4. The van der Waals surface area contributed by atoms with Crippen LogP contribution in [0.25, 0.3) is 0 Å². The van der Waals surface area contributed by atoms with Crippen molar-refractivity contribution in [2.75, 3.05) is 0 Å². The Balaban J connectivity index is 1.62. The van der Waals surface area contributed by atoms with E-state index in [9.17, 15) is 9.59 Å². The molecule has 7 heteroatoms. The number of carbonyl (C=O) groups is 2. The number of halogens is 2. The van der Waals surface area contributed by atoms with Crippen LogP contribution in [-0.2, 0) is 5.41 Å². The number of carbonyl (C=O) groups excluding carboxylic acids is 2. The molecular weight excluding hydrogens is 447 g/mol. The molecule has 1 amide bonds. The summed E-state index contributed by atoms with van der Waals surface area (Å²) in [5.74, 6) is -0.608. The van der Waals surface area contributed by atoms with Crippen molar-refractivity contribution < 1.29 is 14.3 Å². The molecule has 0 aliphatic heterocycles. The molecule has 0 heterocycles. The van der Waals surface area contributed by atoms with Gasteiger partial charge in [-0.2, -0.15) is 5.10 Å². The third-order valence-corrected chi connectivity index (χ3v) is 5.16. The van der Waals surface area contributed by atoms with Crippen molar-refractivity contribution in [3.8, 4) is 5.75 Å². The first-order valence-corrected chi connectivity index (χ1v) is 10.6. The first kappa shape index (κ1) is 23.5. The molecule has 3 aromatic rings. The smallest absolute Gasteiger partial charge is 0.345 e. The number of ether oxygens (including phenoxy) is 1. The molecule has 0 aromatic heterocycles. The third-order valence-electron chi connectivity index (χ3n) is 4.61. The molecule has 0 spiro atoms. The van der Waals surface area contributed by atoms with Crippen molar-refractivity contribution in [3.63, 3.8) is 0 Å². The van der Waals surface area contributed by atoms with Crippen LogP contribution in [0.5, 0.6) is 5.75 Å². The lowest BCUT2D eigenvalue weighted by atomic mass is 9.87. The second-order valence-electron chi connectivity index (χ2n) is 8.11. The van der Waals surface area contributed by atoms with E-state index in [1.165, 1.54) is 18.3 Å². The first-order valence-electron chi connectivity index (χ1n) is 9.85. The van der Waals surface area contributed by atoms with Crippen LogP contribution in [0.3, 0.4) is 0 Å². The maximum absolute atomic E-state index is 12.4. The Kier molecular flexibility index (Phi) is 7.33. The summed E-state index contributed by atoms with van der Waals surface area (Å²) in [5, 5.41) is 4.63. The fourth-order valence-electron chi connectivity index (χ4n) is 2.83. The number of nitrogens with zero attached hydrogens (tertiary/aromatic N) is 1. The van der Waals surface area contributed by atoms with E-state index in [1.54, 1.807) is 42.5 Å². The minimum absolute atomic E-state index is 0.0144. The predicted octanol–water partition coefficient (Wildman–Crippen LogP) is 6.27. The first-order chi connectivity index (χ1) is 15.1. The zero-order valence-corrected chi connectivity index (χ0v) is 19.4. The Labute approximate surface area is 197 Å². The van der Waals surface area contributed by atoms with E-state index in [1.807, 2.05) is 12.1 Å². The molecule has 5 nitrogen and oxygen atoms in total. The second kappa shape index (κ2) is 9.98. The van der Waals surface area contributed by atoms with Gasteiger partial charge in [0, 0.05) is 10.6 Å². The van der Waals surface area contributed by atoms with Crippen LogP contribution in [0.1, 0.15) is 52.6 Å². The lowest BCUT2D eigenvalue weighted by Gasteiger charge is -2.18. The van der Waals surface area contributed by atoms with Gasteiger partial charge in [0.2, 0.25) is 0 Å². The van der Waals surface area contributed by atoms with Gasteiger partial charge in [-0.25, -0.2) is 10.2 Å². The van der Waals surface area contributed by atoms with E-state index in [2.05, 4.69) is 31.3 Å². The third kappa shape index (κ3) is 6.19. The number of rotatable bonds is 5. The maximum Gasteiger partial charge on any atom is 0.345 e. The zero-order valence-electron chi connectivity index (χ0n) is 17.9. The van der Waals surface area contributed by atoms with Crippen LogP contribution in [-0.4, -0.2) is 18.1 Å². The summed E-state index contributed by atoms with van der Waals surface area (Å²) in [4.78, 5) is 24.7. The molecule has 0 aliphatic carbocycles. The van der Waals surface area contributed by atoms with Gasteiger partial charge in [-0.1, -0.05) is 68.2 Å². The molecule has 0 radical (unpaired) electrons. The Hall–Kier alpha value is -3.15. The Morgan fingerprint density at radius 1 is 0.969 bits per heavy atom. The molecule has 3 rings (SSSR count). The molecule has 0 unspecified atom stereocenters. The van der Waals surface area contributed by atoms with E-state index < -0.39 is 5.97 Å². The molecule has 0 saturated carbocycles. The maximum atomic E-state index is 12.4. The Morgan fingerprint density at radius 2 is 1.69 bits per heavy atom. The predicted molar refractivity (Wildman–Crippen MR) is 128 cm³/mol. The van der Waals surface area contributed by atoms with Gasteiger partial charge in [-0.15, -0.1) is 0 Å². The van der Waals surface area contributed by atoms with Gasteiger partial charge in [0.1, 0.15) is 5.75 Å². The number of hydrogen-bond donors (Lipinski definition) is 1. The standard InChI is InChI=1S/C25H22Cl2N2O3/c1-25(2,3)18-9-7-17(8-10-18)23(30)29-28-15-16-5-4-6-20(13-16)32-24(31)21-12-11-19(26)14-22(21)27/h4-15H,1-3H3,(H,29,30)/b28-15-. The quantitative estimate of drug-likeness (QED) is 0.207. The zero-order chi connectivity index (χ0) is 23.3. The molecule has 0 bridgehead atoms. The van der Waals surface area contributed by atoms with E-state index >= 15 is 0 Å². The lowest BCUT2D eigenvalue weighted by molar-refractivity contribution is 0.0734. The van der Waals surface area contributed by atoms with Gasteiger partial charge in [0.25, 0.3) is 5.91 Å². The Bertz CT molecular complexity index is 1170. The fraction of sp³-hybridized carbons (Fsp3) is 0.160. The minimum Gasteiger partial charge on any atom is -0.423 e. The lowest BCUT2D eigenvalue weighted by Crippen LogP contribution is -2.18. The van der Waals surface area contributed by atoms with Gasteiger partial charge in [0.15, 0.2) is 0 Å². The molecule has 0 saturated heterocycles. The van der Waals surface area contributed by atoms with Gasteiger partial charge in [0.05, 0.1) is 16.8 Å². The SMILES string of the molecule is CC(C)(C)c1ccc(C(=O)N/N=C\c2cccc(OC(=O)c3ccc(Cl)cc3Cl)c2)cc1. The largest absolute Gasteiger partial charge is 0.423 e. The summed E-state index contributed by atoms with van der Waals surface area (Å²) < 4.78 is 5.38. The highest BCUT2D eigenvalue weighted by Gasteiger charge is 2.15. The highest BCUT2D eigenvalue weighted by atomic mass is 35.5. The average Bonchev–Trinajstić information content (AvgIpc) is 2.73. The molecule has 0 aliphatic rings. The van der Waals surface area contributed by atoms with Crippen LogP contribution in [0.4, 0.5) is 0 Å². The van der Waals surface area contributed by atoms with Crippen molar-refractivity contribution in [2.45, 2.75) is 26.2 Å². The van der Waals surface area contributed by atoms with Crippen LogP contribution >= 0.6 is 23.2 Å². The van der Waals surface area contributed by atoms with E-state index in [4.69, 9.17) is 27.9 Å². The average molecular weight is 469 g/mol. The minimum atomic E-state index is -0.604. The summed E-state index contributed by atoms with van der Waals surface area (Å²) in [7, 11) is 0. The van der Waals surface area contributed by atoms with Crippen molar-refractivity contribution in [2.24, 2.45) is 5.10 Å². The summed E-state index contributed by atoms with van der Waals surface area (Å²) >= 11 is 11.9. The monoisotopic (exact) mass is 468 g/mol. The van der Waals surface area contributed by atoms with Gasteiger partial charge >= 0.3 is 5.97 Å². The van der Waals surface area contributed by atoms with Gasteiger partial charge in [-0.3, -0.25) is 4.79 Å². The van der Waals surface area contributed by atoms with Gasteiger partial charge < -0.3 is 4.74 Å². The summed E-state index contributed by atoms with van der Waals surface area (Å²) in [6, 6.07) is 18.7. The molecule has 32 heavy (non-hydrogen) atoms. The Morgan fingerprint density at radius 3 is 2.34 bits per heavy atom. The number of esters is 1. The normalized spacial score (nSPS) is 11.4. The fourth-order valence-corrected chi connectivity index (χ4v) is 3.31. The van der Waals surface area contributed by atoms with Crippen LogP contribution in [0.2, 0.25) is 10.0 Å². The van der Waals surface area contributed by atoms with Crippen LogP contribution in [0.15, 0.2) is 71.8 Å². The summed E-state index contributed by atoms with van der Waals surface area (Å²) in [6.45, 7) is 6.34. The van der Waals surface area contributed by atoms with E-state index in [-0.39, 0.29) is 21.9 Å². The van der Waals surface area contributed by atoms with E-state index in [0.29, 0.717) is 21.9 Å². The number of hydrazone groups is 1. The van der Waals surface area contributed by atoms with Crippen LogP contribution < -0.4 is 10.2 Å². The molecule has 1 N–H and O–H groups in total.